The van der Waals surface area contributed by atoms with E-state index in [1.165, 1.54) is 0 Å². The zero-order valence-corrected chi connectivity index (χ0v) is 7.43. The molecule has 0 aliphatic carbocycles. The van der Waals surface area contributed by atoms with Crippen LogP contribution < -0.4 is 0 Å². The van der Waals surface area contributed by atoms with Crippen LogP contribution in [0, 0.1) is 0 Å². The zero-order chi connectivity index (χ0) is 10.0. The van der Waals surface area contributed by atoms with Gasteiger partial charge in [-0.1, -0.05) is 0 Å². The van der Waals surface area contributed by atoms with Gasteiger partial charge in [-0.15, -0.1) is 0 Å². The van der Waals surface area contributed by atoms with Crippen molar-refractivity contribution in [2.24, 2.45) is 0 Å². The minimum atomic E-state index is -1.14. The van der Waals surface area contributed by atoms with Gasteiger partial charge in [0, 0.05) is 6.04 Å². The molecular formula is C8H13NO4. The Labute approximate surface area is 76.0 Å². The van der Waals surface area contributed by atoms with Crippen molar-refractivity contribution in [1.82, 2.24) is 4.90 Å². The van der Waals surface area contributed by atoms with E-state index in [-0.39, 0.29) is 6.04 Å². The summed E-state index contributed by atoms with van der Waals surface area (Å²) >= 11 is 0. The fraction of sp³-hybridized carbons (Fsp3) is 0.750. The van der Waals surface area contributed by atoms with Gasteiger partial charge < -0.3 is 10.2 Å². The molecule has 1 fully saturated rings. The molecule has 1 aliphatic heterocycles. The van der Waals surface area contributed by atoms with Crippen molar-refractivity contribution in [3.63, 3.8) is 0 Å². The van der Waals surface area contributed by atoms with Crippen LogP contribution in [0.25, 0.3) is 0 Å². The Morgan fingerprint density at radius 3 is 2.31 bits per heavy atom. The maximum Gasteiger partial charge on any atom is 0.408 e. The van der Waals surface area contributed by atoms with Crippen LogP contribution in [0.15, 0.2) is 0 Å². The van der Waals surface area contributed by atoms with Crippen LogP contribution in [-0.2, 0) is 4.79 Å². The normalized spacial score (nSPS) is 28.5. The first-order chi connectivity index (χ1) is 6.04. The number of piperidine rings is 1. The molecule has 0 spiro atoms. The van der Waals surface area contributed by atoms with Gasteiger partial charge in [0.1, 0.15) is 6.04 Å². The van der Waals surface area contributed by atoms with Crippen molar-refractivity contribution in [2.45, 2.75) is 38.3 Å². The molecule has 74 valence electrons. The number of amides is 1. The molecule has 1 saturated heterocycles. The summed E-state index contributed by atoms with van der Waals surface area (Å²) in [6.45, 7) is 1.74. The van der Waals surface area contributed by atoms with Gasteiger partial charge in [0.2, 0.25) is 0 Å². The van der Waals surface area contributed by atoms with E-state index >= 15 is 0 Å². The molecule has 5 heteroatoms. The number of rotatable bonds is 1. The summed E-state index contributed by atoms with van der Waals surface area (Å²) in [5.41, 5.74) is 0. The highest BCUT2D eigenvalue weighted by molar-refractivity contribution is 5.79. The minimum absolute atomic E-state index is 0.188. The van der Waals surface area contributed by atoms with Crippen molar-refractivity contribution >= 4 is 12.1 Å². The quantitative estimate of drug-likeness (QED) is 0.641. The van der Waals surface area contributed by atoms with Gasteiger partial charge in [-0.3, -0.25) is 4.90 Å². The molecule has 2 atom stereocenters. The molecule has 0 unspecified atom stereocenters. The Bertz CT molecular complexity index is 228. The van der Waals surface area contributed by atoms with E-state index in [1.54, 1.807) is 6.92 Å². The SMILES string of the molecule is C[C@H]1CCC[C@@H](C(=O)O)N1C(=O)O. The molecule has 0 aromatic rings. The zero-order valence-electron chi connectivity index (χ0n) is 7.43. The average molecular weight is 187 g/mol. The van der Waals surface area contributed by atoms with E-state index in [9.17, 15) is 9.59 Å². The van der Waals surface area contributed by atoms with Crippen molar-refractivity contribution in [2.75, 3.05) is 0 Å². The molecule has 5 nitrogen and oxygen atoms in total. The second kappa shape index (κ2) is 3.64. The highest BCUT2D eigenvalue weighted by Gasteiger charge is 2.35. The lowest BCUT2D eigenvalue weighted by atomic mass is 9.97. The monoisotopic (exact) mass is 187 g/mol. The number of carbonyl (C=O) groups is 2. The predicted molar refractivity (Wildman–Crippen MR) is 44.6 cm³/mol. The van der Waals surface area contributed by atoms with Crippen LogP contribution in [0.4, 0.5) is 4.79 Å². The maximum absolute atomic E-state index is 10.7. The Balaban J connectivity index is 2.80. The van der Waals surface area contributed by atoms with Gasteiger partial charge >= 0.3 is 12.1 Å². The fourth-order valence-electron chi connectivity index (χ4n) is 1.76. The van der Waals surface area contributed by atoms with Gasteiger partial charge in [0.25, 0.3) is 0 Å². The highest BCUT2D eigenvalue weighted by atomic mass is 16.4. The molecule has 0 saturated carbocycles. The molecule has 1 amide bonds. The molecule has 0 aromatic heterocycles. The number of aliphatic carboxylic acids is 1. The lowest BCUT2D eigenvalue weighted by Crippen LogP contribution is -2.51. The van der Waals surface area contributed by atoms with E-state index in [2.05, 4.69) is 0 Å². The first-order valence-corrected chi connectivity index (χ1v) is 4.28. The maximum atomic E-state index is 10.7. The first-order valence-electron chi connectivity index (χ1n) is 4.28. The molecule has 0 radical (unpaired) electrons. The fourth-order valence-corrected chi connectivity index (χ4v) is 1.76. The van der Waals surface area contributed by atoms with Crippen molar-refractivity contribution in [3.05, 3.63) is 0 Å². The number of hydrogen-bond donors (Lipinski definition) is 2. The van der Waals surface area contributed by atoms with E-state index < -0.39 is 18.1 Å². The second-order valence-electron chi connectivity index (χ2n) is 3.32. The van der Waals surface area contributed by atoms with Crippen LogP contribution in [0.5, 0.6) is 0 Å². The van der Waals surface area contributed by atoms with Crippen LogP contribution in [0.1, 0.15) is 26.2 Å². The summed E-state index contributed by atoms with van der Waals surface area (Å²) < 4.78 is 0. The lowest BCUT2D eigenvalue weighted by molar-refractivity contribution is -0.144. The van der Waals surface area contributed by atoms with Crippen LogP contribution in [-0.4, -0.2) is 39.3 Å². The average Bonchev–Trinajstić information content (AvgIpc) is 2.02. The molecule has 2 N–H and O–H groups in total. The summed E-state index contributed by atoms with van der Waals surface area (Å²) in [6.07, 6.45) is 0.809. The van der Waals surface area contributed by atoms with Crippen molar-refractivity contribution in [3.8, 4) is 0 Å². The van der Waals surface area contributed by atoms with Gasteiger partial charge in [-0.2, -0.15) is 0 Å². The van der Waals surface area contributed by atoms with E-state index in [0.29, 0.717) is 6.42 Å². The Morgan fingerprint density at radius 2 is 1.92 bits per heavy atom. The summed E-state index contributed by atoms with van der Waals surface area (Å²) in [6, 6.07) is -1.05. The predicted octanol–water partition coefficient (Wildman–Crippen LogP) is 0.992. The number of nitrogens with zero attached hydrogens (tertiary/aromatic N) is 1. The van der Waals surface area contributed by atoms with Gasteiger partial charge in [0.15, 0.2) is 0 Å². The number of hydrogen-bond acceptors (Lipinski definition) is 2. The molecule has 1 heterocycles. The van der Waals surface area contributed by atoms with E-state index in [1.807, 2.05) is 0 Å². The van der Waals surface area contributed by atoms with E-state index in [4.69, 9.17) is 10.2 Å². The summed E-state index contributed by atoms with van der Waals surface area (Å²) in [4.78, 5) is 22.5. The second-order valence-corrected chi connectivity index (χ2v) is 3.32. The van der Waals surface area contributed by atoms with E-state index in [0.717, 1.165) is 17.7 Å². The van der Waals surface area contributed by atoms with Gasteiger partial charge in [-0.05, 0) is 26.2 Å². The number of carboxylic acids is 1. The summed E-state index contributed by atoms with van der Waals surface area (Å²) in [5, 5.41) is 17.6. The van der Waals surface area contributed by atoms with Gasteiger partial charge in [-0.25, -0.2) is 9.59 Å². The molecule has 0 bridgehead atoms. The van der Waals surface area contributed by atoms with Crippen LogP contribution >= 0.6 is 0 Å². The smallest absolute Gasteiger partial charge is 0.408 e. The van der Waals surface area contributed by atoms with Gasteiger partial charge in [0.05, 0.1) is 0 Å². The number of likely N-dealkylation sites (tertiary alicyclic amines) is 1. The molecule has 1 rings (SSSR count). The van der Waals surface area contributed by atoms with Crippen molar-refractivity contribution in [1.29, 1.82) is 0 Å². The number of carboxylic acid groups (broad SMARTS) is 2. The third-order valence-corrected chi connectivity index (χ3v) is 2.42. The molecule has 1 aliphatic rings. The first kappa shape index (κ1) is 9.83. The topological polar surface area (TPSA) is 77.8 Å². The van der Waals surface area contributed by atoms with Crippen LogP contribution in [0.3, 0.4) is 0 Å². The third kappa shape index (κ3) is 1.91. The Morgan fingerprint density at radius 1 is 1.31 bits per heavy atom. The molecule has 13 heavy (non-hydrogen) atoms. The van der Waals surface area contributed by atoms with Crippen LogP contribution in [0.2, 0.25) is 0 Å². The highest BCUT2D eigenvalue weighted by Crippen LogP contribution is 2.22. The Hall–Kier alpha value is -1.26. The molecule has 0 aromatic carbocycles. The molecular weight excluding hydrogens is 174 g/mol. The summed E-state index contributed by atoms with van der Waals surface area (Å²) in [7, 11) is 0. The largest absolute Gasteiger partial charge is 0.480 e. The summed E-state index contributed by atoms with van der Waals surface area (Å²) in [5.74, 6) is -1.05. The standard InChI is InChI=1S/C8H13NO4/c1-5-3-2-4-6(7(10)11)9(5)8(12)13/h5-6H,2-4H2,1H3,(H,10,11)(H,12,13)/t5-,6-/m0/s1. The lowest BCUT2D eigenvalue weighted by Gasteiger charge is -2.36. The van der Waals surface area contributed by atoms with Crippen molar-refractivity contribution < 1.29 is 19.8 Å². The Kier molecular flexibility index (Phi) is 2.75. The third-order valence-electron chi connectivity index (χ3n) is 2.42. The minimum Gasteiger partial charge on any atom is -0.480 e.